The molecule has 2 aromatic rings. The van der Waals surface area contributed by atoms with Crippen LogP contribution in [0.25, 0.3) is 5.69 Å². The zero-order chi connectivity index (χ0) is 18.2. The van der Waals surface area contributed by atoms with Gasteiger partial charge in [0.1, 0.15) is 0 Å². The molecule has 1 aromatic carbocycles. The first-order chi connectivity index (χ1) is 12.8. The Bertz CT molecular complexity index is 616. The molecule has 1 aliphatic heterocycles. The van der Waals surface area contributed by atoms with E-state index in [1.54, 1.807) is 6.20 Å². The molecule has 1 atom stereocenters. The number of imidazole rings is 1. The molecule has 0 spiro atoms. The lowest BCUT2D eigenvalue weighted by atomic mass is 9.92. The summed E-state index contributed by atoms with van der Waals surface area (Å²) >= 11 is 0. The van der Waals surface area contributed by atoms with Crippen molar-refractivity contribution in [3.05, 3.63) is 48.5 Å². The first-order valence-electron chi connectivity index (χ1n) is 9.91. The van der Waals surface area contributed by atoms with Crippen molar-refractivity contribution < 1.29 is 4.74 Å². The minimum atomic E-state index is 0.596. The summed E-state index contributed by atoms with van der Waals surface area (Å²) in [5.74, 6) is 0.740. The smallest absolute Gasteiger partial charge is 0.0991 e. The van der Waals surface area contributed by atoms with Gasteiger partial charge in [-0.05, 0) is 23.6 Å². The molecule has 0 bridgehead atoms. The Morgan fingerprint density at radius 2 is 1.85 bits per heavy atom. The molecule has 1 aromatic heterocycles. The van der Waals surface area contributed by atoms with E-state index in [9.17, 15) is 0 Å². The van der Waals surface area contributed by atoms with Gasteiger partial charge in [-0.2, -0.15) is 0 Å². The zero-order valence-electron chi connectivity index (χ0n) is 16.1. The zero-order valence-corrected chi connectivity index (χ0v) is 16.1. The van der Waals surface area contributed by atoms with Crippen LogP contribution in [0.2, 0.25) is 0 Å². The first kappa shape index (κ1) is 19.1. The van der Waals surface area contributed by atoms with E-state index in [-0.39, 0.29) is 0 Å². The highest BCUT2D eigenvalue weighted by molar-refractivity contribution is 5.34. The average Bonchev–Trinajstić information content (AvgIpc) is 3.23. The van der Waals surface area contributed by atoms with E-state index < -0.39 is 0 Å². The van der Waals surface area contributed by atoms with Crippen LogP contribution >= 0.6 is 0 Å². The van der Waals surface area contributed by atoms with E-state index in [4.69, 9.17) is 4.74 Å². The Kier molecular flexibility index (Phi) is 7.23. The molecule has 0 aliphatic carbocycles. The molecule has 0 amide bonds. The van der Waals surface area contributed by atoms with Crippen molar-refractivity contribution in [2.24, 2.45) is 5.92 Å². The Balaban J connectivity index is 1.55. The summed E-state index contributed by atoms with van der Waals surface area (Å²) in [4.78, 5) is 6.73. The van der Waals surface area contributed by atoms with Crippen molar-refractivity contribution in [2.45, 2.75) is 39.3 Å². The van der Waals surface area contributed by atoms with Gasteiger partial charge in [0.15, 0.2) is 0 Å². The predicted molar refractivity (Wildman–Crippen MR) is 106 cm³/mol. The summed E-state index contributed by atoms with van der Waals surface area (Å²) in [6, 6.07) is 9.30. The van der Waals surface area contributed by atoms with Crippen LogP contribution in [0.4, 0.5) is 0 Å². The van der Waals surface area contributed by atoms with Gasteiger partial charge in [-0.25, -0.2) is 4.98 Å². The largest absolute Gasteiger partial charge is 0.379 e. The van der Waals surface area contributed by atoms with Crippen molar-refractivity contribution in [1.29, 1.82) is 0 Å². The molecule has 0 radical (unpaired) electrons. The molecule has 142 valence electrons. The summed E-state index contributed by atoms with van der Waals surface area (Å²) in [6.45, 7) is 10.4. The quantitative estimate of drug-likeness (QED) is 0.750. The highest BCUT2D eigenvalue weighted by atomic mass is 16.5. The average molecular weight is 357 g/mol. The van der Waals surface area contributed by atoms with E-state index in [0.29, 0.717) is 6.04 Å². The number of hydrogen-bond donors (Lipinski definition) is 1. The van der Waals surface area contributed by atoms with Crippen LogP contribution in [0.5, 0.6) is 0 Å². The van der Waals surface area contributed by atoms with Gasteiger partial charge in [-0.3, -0.25) is 4.90 Å². The molecule has 5 heteroatoms. The van der Waals surface area contributed by atoms with E-state index in [0.717, 1.165) is 51.0 Å². The van der Waals surface area contributed by atoms with Gasteiger partial charge in [0.25, 0.3) is 0 Å². The van der Waals surface area contributed by atoms with Gasteiger partial charge in [0.05, 0.1) is 19.5 Å². The van der Waals surface area contributed by atoms with Crippen LogP contribution in [0.3, 0.4) is 0 Å². The second-order valence-corrected chi connectivity index (χ2v) is 7.06. The standard InChI is InChI=1S/C21H32N4O/c1-3-19(4-2)21(24-11-13-26-14-12-24)16-23-15-18-5-7-20(8-6-18)25-10-9-22-17-25/h5-10,17,19,21,23H,3-4,11-16H2,1-2H3/t21-/m1/s1. The van der Waals surface area contributed by atoms with Crippen LogP contribution in [0.1, 0.15) is 32.3 Å². The summed E-state index contributed by atoms with van der Waals surface area (Å²) in [7, 11) is 0. The topological polar surface area (TPSA) is 42.3 Å². The highest BCUT2D eigenvalue weighted by Crippen LogP contribution is 2.20. The van der Waals surface area contributed by atoms with Crippen LogP contribution in [0.15, 0.2) is 43.0 Å². The molecular formula is C21H32N4O. The van der Waals surface area contributed by atoms with Gasteiger partial charge in [0, 0.05) is 50.3 Å². The Hall–Kier alpha value is -1.69. The summed E-state index contributed by atoms with van der Waals surface area (Å²) < 4.78 is 7.57. The van der Waals surface area contributed by atoms with Crippen molar-refractivity contribution in [2.75, 3.05) is 32.8 Å². The van der Waals surface area contributed by atoms with Gasteiger partial charge in [-0.15, -0.1) is 0 Å². The molecule has 3 rings (SSSR count). The van der Waals surface area contributed by atoms with Crippen molar-refractivity contribution in [3.8, 4) is 5.69 Å². The Labute approximate surface area is 157 Å². The van der Waals surface area contributed by atoms with Crippen LogP contribution in [0, 0.1) is 5.92 Å². The fraction of sp³-hybridized carbons (Fsp3) is 0.571. The van der Waals surface area contributed by atoms with Crippen LogP contribution in [-0.2, 0) is 11.3 Å². The number of morpholine rings is 1. The molecule has 0 saturated carbocycles. The Morgan fingerprint density at radius 1 is 1.12 bits per heavy atom. The molecule has 26 heavy (non-hydrogen) atoms. The second-order valence-electron chi connectivity index (χ2n) is 7.06. The first-order valence-corrected chi connectivity index (χ1v) is 9.91. The molecular weight excluding hydrogens is 324 g/mol. The molecule has 2 heterocycles. The number of hydrogen-bond acceptors (Lipinski definition) is 4. The lowest BCUT2D eigenvalue weighted by Crippen LogP contribution is -2.51. The number of aromatic nitrogens is 2. The minimum Gasteiger partial charge on any atom is -0.379 e. The van der Waals surface area contributed by atoms with Crippen LogP contribution < -0.4 is 5.32 Å². The van der Waals surface area contributed by atoms with Crippen molar-refractivity contribution in [1.82, 2.24) is 19.8 Å². The number of rotatable bonds is 9. The molecule has 5 nitrogen and oxygen atoms in total. The predicted octanol–water partition coefficient (Wildman–Crippen LogP) is 3.10. The van der Waals surface area contributed by atoms with Gasteiger partial charge >= 0.3 is 0 Å². The van der Waals surface area contributed by atoms with Gasteiger partial charge in [0.2, 0.25) is 0 Å². The SMILES string of the molecule is CCC(CC)[C@@H](CNCc1ccc(-n2ccnc2)cc1)N1CCOCC1. The maximum Gasteiger partial charge on any atom is 0.0991 e. The summed E-state index contributed by atoms with van der Waals surface area (Å²) in [6.07, 6.45) is 8.07. The third-order valence-electron chi connectivity index (χ3n) is 5.53. The highest BCUT2D eigenvalue weighted by Gasteiger charge is 2.26. The summed E-state index contributed by atoms with van der Waals surface area (Å²) in [5, 5.41) is 3.70. The minimum absolute atomic E-state index is 0.596. The molecule has 1 saturated heterocycles. The molecule has 0 unspecified atom stereocenters. The Morgan fingerprint density at radius 3 is 2.46 bits per heavy atom. The van der Waals surface area contributed by atoms with Crippen molar-refractivity contribution >= 4 is 0 Å². The third kappa shape index (κ3) is 4.93. The summed E-state index contributed by atoms with van der Waals surface area (Å²) in [5.41, 5.74) is 2.47. The van der Waals surface area contributed by atoms with Crippen LogP contribution in [-0.4, -0.2) is 53.3 Å². The second kappa shape index (κ2) is 9.86. The van der Waals surface area contributed by atoms with E-state index >= 15 is 0 Å². The van der Waals surface area contributed by atoms with Gasteiger partial charge in [-0.1, -0.05) is 38.8 Å². The number of nitrogens with zero attached hydrogens (tertiary/aromatic N) is 3. The maximum absolute atomic E-state index is 5.54. The monoisotopic (exact) mass is 356 g/mol. The lowest BCUT2D eigenvalue weighted by Gasteiger charge is -2.39. The fourth-order valence-corrected chi connectivity index (χ4v) is 3.90. The third-order valence-corrected chi connectivity index (χ3v) is 5.53. The van der Waals surface area contributed by atoms with Gasteiger partial charge < -0.3 is 14.6 Å². The molecule has 1 aliphatic rings. The maximum atomic E-state index is 5.54. The molecule has 1 fully saturated rings. The van der Waals surface area contributed by atoms with E-state index in [1.807, 2.05) is 17.1 Å². The fourth-order valence-electron chi connectivity index (χ4n) is 3.90. The number of nitrogens with one attached hydrogen (secondary N) is 1. The van der Waals surface area contributed by atoms with E-state index in [2.05, 4.69) is 53.3 Å². The number of benzene rings is 1. The number of ether oxygens (including phenoxy) is 1. The molecule has 1 N–H and O–H groups in total. The normalized spacial score (nSPS) is 16.9. The van der Waals surface area contributed by atoms with Crippen molar-refractivity contribution in [3.63, 3.8) is 0 Å². The lowest BCUT2D eigenvalue weighted by molar-refractivity contribution is 0.00161. The van der Waals surface area contributed by atoms with E-state index in [1.165, 1.54) is 18.4 Å².